The Balaban J connectivity index is 2.22. The molecule has 2 heterocycles. The second-order valence-corrected chi connectivity index (χ2v) is 6.03. The van der Waals surface area contributed by atoms with Crippen molar-refractivity contribution < 1.29 is 4.74 Å². The summed E-state index contributed by atoms with van der Waals surface area (Å²) in [5, 5.41) is 4.59. The number of ether oxygens (including phenoxy) is 1. The molecule has 0 unspecified atom stereocenters. The van der Waals surface area contributed by atoms with Gasteiger partial charge >= 0.3 is 0 Å². The molecular weight excluding hydrogens is 276 g/mol. The van der Waals surface area contributed by atoms with Crippen molar-refractivity contribution in [1.29, 1.82) is 0 Å². The van der Waals surface area contributed by atoms with Crippen molar-refractivity contribution in [2.45, 2.75) is 46.1 Å². The van der Waals surface area contributed by atoms with E-state index >= 15 is 0 Å². The number of hydrogen-bond acceptors (Lipinski definition) is 4. The fraction of sp³-hybridized carbons (Fsp3) is 0.500. The number of hydrogen-bond donors (Lipinski definition) is 0. The molecule has 5 nitrogen and oxygen atoms in total. The Morgan fingerprint density at radius 1 is 1.30 bits per heavy atom. The minimum absolute atomic E-state index is 0.185. The molecule has 0 aromatic carbocycles. The number of halogens is 1. The van der Waals surface area contributed by atoms with E-state index in [9.17, 15) is 0 Å². The third kappa shape index (κ3) is 3.70. The fourth-order valence-corrected chi connectivity index (χ4v) is 1.83. The van der Waals surface area contributed by atoms with Crippen LogP contribution in [-0.4, -0.2) is 19.7 Å². The smallest absolute Gasteiger partial charge is 0.224 e. The van der Waals surface area contributed by atoms with E-state index in [0.29, 0.717) is 22.6 Å². The van der Waals surface area contributed by atoms with Gasteiger partial charge in [-0.05, 0) is 6.42 Å². The van der Waals surface area contributed by atoms with Crippen molar-refractivity contribution in [1.82, 2.24) is 19.7 Å². The predicted octanol–water partition coefficient (Wildman–Crippen LogP) is 3.83. The van der Waals surface area contributed by atoms with Gasteiger partial charge in [0.05, 0.1) is 12.4 Å². The molecule has 0 saturated carbocycles. The van der Waals surface area contributed by atoms with E-state index in [2.05, 4.69) is 22.0 Å². The van der Waals surface area contributed by atoms with Crippen LogP contribution < -0.4 is 4.74 Å². The van der Waals surface area contributed by atoms with Gasteiger partial charge in [0.15, 0.2) is 5.75 Å². The highest BCUT2D eigenvalue weighted by atomic mass is 35.5. The molecule has 0 saturated heterocycles. The van der Waals surface area contributed by atoms with Crippen LogP contribution in [0.15, 0.2) is 18.5 Å². The van der Waals surface area contributed by atoms with Crippen molar-refractivity contribution in [3.8, 4) is 11.6 Å². The maximum Gasteiger partial charge on any atom is 0.224 e. The Morgan fingerprint density at radius 2 is 2.05 bits per heavy atom. The lowest BCUT2D eigenvalue weighted by Gasteiger charge is -2.17. The molecule has 0 aliphatic heterocycles. The molecule has 0 atom stereocenters. The van der Waals surface area contributed by atoms with Crippen LogP contribution in [0.2, 0.25) is 5.15 Å². The monoisotopic (exact) mass is 294 g/mol. The second-order valence-electron chi connectivity index (χ2n) is 5.64. The average molecular weight is 295 g/mol. The Morgan fingerprint density at radius 3 is 2.70 bits per heavy atom. The zero-order valence-electron chi connectivity index (χ0n) is 12.2. The van der Waals surface area contributed by atoms with Gasteiger partial charge in [0.2, 0.25) is 5.88 Å². The summed E-state index contributed by atoms with van der Waals surface area (Å²) in [7, 11) is 0. The molecule has 20 heavy (non-hydrogen) atoms. The maximum atomic E-state index is 6.03. The van der Waals surface area contributed by atoms with Gasteiger partial charge in [0.25, 0.3) is 0 Å². The highest BCUT2D eigenvalue weighted by molar-refractivity contribution is 6.29. The van der Waals surface area contributed by atoms with E-state index in [4.69, 9.17) is 16.3 Å². The summed E-state index contributed by atoms with van der Waals surface area (Å²) in [4.78, 5) is 8.64. The molecule has 0 fully saturated rings. The van der Waals surface area contributed by atoms with Crippen LogP contribution in [0.3, 0.4) is 0 Å². The van der Waals surface area contributed by atoms with Crippen molar-refractivity contribution in [2.24, 2.45) is 0 Å². The zero-order valence-corrected chi connectivity index (χ0v) is 13.0. The summed E-state index contributed by atoms with van der Waals surface area (Å²) in [6, 6.07) is 1.61. The first-order valence-corrected chi connectivity index (χ1v) is 7.01. The number of aryl methyl sites for hydroxylation is 1. The Kier molecular flexibility index (Phi) is 4.28. The summed E-state index contributed by atoms with van der Waals surface area (Å²) in [5.41, 5.74) is -0.185. The highest BCUT2D eigenvalue weighted by Crippen LogP contribution is 2.26. The van der Waals surface area contributed by atoms with E-state index in [1.54, 1.807) is 12.3 Å². The van der Waals surface area contributed by atoms with Gasteiger partial charge in [-0.3, -0.25) is 4.68 Å². The fourth-order valence-electron chi connectivity index (χ4n) is 1.65. The van der Waals surface area contributed by atoms with Crippen LogP contribution >= 0.6 is 11.6 Å². The quantitative estimate of drug-likeness (QED) is 0.804. The van der Waals surface area contributed by atoms with Gasteiger partial charge in [-0.15, -0.1) is 0 Å². The van der Waals surface area contributed by atoms with E-state index in [-0.39, 0.29) is 5.41 Å². The third-order valence-corrected chi connectivity index (χ3v) is 2.82. The molecule has 0 radical (unpaired) electrons. The lowest BCUT2D eigenvalue weighted by Crippen LogP contribution is -2.16. The van der Waals surface area contributed by atoms with Crippen molar-refractivity contribution in [3.63, 3.8) is 0 Å². The zero-order chi connectivity index (χ0) is 14.8. The molecule has 6 heteroatoms. The van der Waals surface area contributed by atoms with Crippen LogP contribution in [0, 0.1) is 0 Å². The molecule has 0 N–H and O–H groups in total. The van der Waals surface area contributed by atoms with Crippen LogP contribution in [0.25, 0.3) is 0 Å². The molecule has 0 amide bonds. The average Bonchev–Trinajstić information content (AvgIpc) is 2.75. The van der Waals surface area contributed by atoms with Crippen LogP contribution in [0.1, 0.15) is 39.9 Å². The van der Waals surface area contributed by atoms with Gasteiger partial charge in [-0.25, -0.2) is 4.98 Å². The minimum atomic E-state index is -0.185. The molecule has 2 aromatic heterocycles. The maximum absolute atomic E-state index is 6.03. The largest absolute Gasteiger partial charge is 0.436 e. The topological polar surface area (TPSA) is 52.8 Å². The lowest BCUT2D eigenvalue weighted by molar-refractivity contribution is 0.444. The molecular formula is C14H19ClN4O. The van der Waals surface area contributed by atoms with Crippen molar-refractivity contribution in [3.05, 3.63) is 29.4 Å². The molecule has 0 bridgehead atoms. The Bertz CT molecular complexity index is 589. The van der Waals surface area contributed by atoms with Crippen molar-refractivity contribution >= 4 is 11.6 Å². The summed E-state index contributed by atoms with van der Waals surface area (Å²) in [6.07, 6.45) is 4.54. The van der Waals surface area contributed by atoms with Gasteiger partial charge in [0.1, 0.15) is 11.0 Å². The third-order valence-electron chi connectivity index (χ3n) is 2.63. The molecule has 2 aromatic rings. The summed E-state index contributed by atoms with van der Waals surface area (Å²) >= 11 is 6.03. The summed E-state index contributed by atoms with van der Waals surface area (Å²) in [6.45, 7) is 9.05. The van der Waals surface area contributed by atoms with Crippen molar-refractivity contribution in [2.75, 3.05) is 0 Å². The Hall–Kier alpha value is -1.62. The molecule has 0 spiro atoms. The lowest BCUT2D eigenvalue weighted by atomic mass is 9.96. The molecule has 2 rings (SSSR count). The van der Waals surface area contributed by atoms with E-state index < -0.39 is 0 Å². The van der Waals surface area contributed by atoms with E-state index in [0.717, 1.165) is 13.0 Å². The van der Waals surface area contributed by atoms with Gasteiger partial charge in [0, 0.05) is 18.0 Å². The first-order chi connectivity index (χ1) is 9.38. The van der Waals surface area contributed by atoms with Crippen LogP contribution in [0.5, 0.6) is 11.6 Å². The number of nitrogens with zero attached hydrogens (tertiary/aromatic N) is 4. The normalized spacial score (nSPS) is 11.7. The SMILES string of the molecule is CCCn1cc(Oc2cc(Cl)nc(C(C)(C)C)n2)cn1. The molecule has 0 aliphatic carbocycles. The van der Waals surface area contributed by atoms with E-state index in [1.807, 2.05) is 31.6 Å². The molecule has 108 valence electrons. The van der Waals surface area contributed by atoms with E-state index in [1.165, 1.54) is 0 Å². The number of aromatic nitrogens is 4. The Labute approximate surface area is 124 Å². The highest BCUT2D eigenvalue weighted by Gasteiger charge is 2.19. The van der Waals surface area contributed by atoms with Gasteiger partial charge in [-0.1, -0.05) is 39.3 Å². The summed E-state index contributed by atoms with van der Waals surface area (Å²) in [5.74, 6) is 1.74. The second kappa shape index (κ2) is 5.79. The van der Waals surface area contributed by atoms with Crippen LogP contribution in [0.4, 0.5) is 0 Å². The molecule has 0 aliphatic rings. The minimum Gasteiger partial charge on any atom is -0.436 e. The van der Waals surface area contributed by atoms with Crippen LogP contribution in [-0.2, 0) is 12.0 Å². The standard InChI is InChI=1S/C14H19ClN4O/c1-5-6-19-9-10(8-16-19)20-12-7-11(15)17-13(18-12)14(2,3)4/h7-9H,5-6H2,1-4H3. The predicted molar refractivity (Wildman–Crippen MR) is 78.3 cm³/mol. The first kappa shape index (κ1) is 14.8. The van der Waals surface area contributed by atoms with Gasteiger partial charge in [-0.2, -0.15) is 10.1 Å². The number of rotatable bonds is 4. The van der Waals surface area contributed by atoms with Gasteiger partial charge < -0.3 is 4.74 Å². The summed E-state index contributed by atoms with van der Waals surface area (Å²) < 4.78 is 7.54. The first-order valence-electron chi connectivity index (χ1n) is 6.64.